The molecule has 0 amide bonds. The van der Waals surface area contributed by atoms with Crippen LogP contribution in [0.1, 0.15) is 29.6 Å². The fourth-order valence-corrected chi connectivity index (χ4v) is 3.48. The van der Waals surface area contributed by atoms with Crippen molar-refractivity contribution in [3.05, 3.63) is 47.7 Å². The Bertz CT molecular complexity index is 695. The molecule has 0 N–H and O–H groups in total. The fourth-order valence-electron chi connectivity index (χ4n) is 3.48. The molecule has 1 heterocycles. The van der Waals surface area contributed by atoms with E-state index in [1.165, 1.54) is 7.11 Å². The van der Waals surface area contributed by atoms with E-state index in [9.17, 15) is 4.79 Å². The summed E-state index contributed by atoms with van der Waals surface area (Å²) in [5.41, 5.74) is 1.90. The Hall–Kier alpha value is -2.03. The normalized spacial score (nSPS) is 27.5. The number of ether oxygens (including phenoxy) is 1. The number of furan rings is 1. The highest BCUT2D eigenvalue weighted by atomic mass is 16.5. The maximum Gasteiger partial charge on any atom is 0.313 e. The van der Waals surface area contributed by atoms with Gasteiger partial charge in [0.2, 0.25) is 0 Å². The van der Waals surface area contributed by atoms with E-state index in [4.69, 9.17) is 9.15 Å². The highest BCUT2D eigenvalue weighted by Crippen LogP contribution is 2.51. The highest BCUT2D eigenvalue weighted by molar-refractivity contribution is 5.91. The minimum Gasteiger partial charge on any atom is -0.469 e. The van der Waals surface area contributed by atoms with Crippen molar-refractivity contribution in [2.75, 3.05) is 7.11 Å². The van der Waals surface area contributed by atoms with Crippen LogP contribution in [0.3, 0.4) is 0 Å². The zero-order valence-corrected chi connectivity index (χ0v) is 10.6. The van der Waals surface area contributed by atoms with Crippen molar-refractivity contribution in [2.24, 2.45) is 5.92 Å². The third kappa shape index (κ3) is 1.35. The molecule has 2 aromatic rings. The Morgan fingerprint density at radius 3 is 3.00 bits per heavy atom. The van der Waals surface area contributed by atoms with Crippen LogP contribution in [0.5, 0.6) is 0 Å². The second kappa shape index (κ2) is 3.73. The lowest BCUT2D eigenvalue weighted by atomic mass is 9.77. The van der Waals surface area contributed by atoms with Gasteiger partial charge in [-0.15, -0.1) is 0 Å². The van der Waals surface area contributed by atoms with Crippen molar-refractivity contribution in [1.29, 1.82) is 0 Å². The Labute approximate surface area is 110 Å². The minimum atomic E-state index is -0.223. The largest absolute Gasteiger partial charge is 0.469 e. The molecule has 0 saturated heterocycles. The molecular formula is C16H14O3. The lowest BCUT2D eigenvalue weighted by molar-refractivity contribution is -0.143. The second-order valence-electron chi connectivity index (χ2n) is 5.27. The number of methoxy groups -OCH3 is 1. The van der Waals surface area contributed by atoms with Crippen LogP contribution >= 0.6 is 0 Å². The van der Waals surface area contributed by atoms with E-state index in [1.54, 1.807) is 0 Å². The Morgan fingerprint density at radius 2 is 2.16 bits per heavy atom. The molecule has 2 aliphatic rings. The minimum absolute atomic E-state index is 0.164. The maximum absolute atomic E-state index is 12.2. The Kier molecular flexibility index (Phi) is 2.13. The molecule has 2 bridgehead atoms. The number of hydrogen-bond donors (Lipinski definition) is 0. The zero-order valence-electron chi connectivity index (χ0n) is 10.6. The van der Waals surface area contributed by atoms with Gasteiger partial charge in [0.25, 0.3) is 0 Å². The molecule has 0 spiro atoms. The molecule has 0 radical (unpaired) electrons. The lowest BCUT2D eigenvalue weighted by Crippen LogP contribution is -2.25. The molecule has 0 fully saturated rings. The summed E-state index contributed by atoms with van der Waals surface area (Å²) in [4.78, 5) is 12.2. The van der Waals surface area contributed by atoms with E-state index in [-0.39, 0.29) is 17.8 Å². The Balaban J connectivity index is 2.01. The van der Waals surface area contributed by atoms with Gasteiger partial charge in [-0.2, -0.15) is 0 Å². The molecule has 4 rings (SSSR count). The van der Waals surface area contributed by atoms with E-state index >= 15 is 0 Å². The van der Waals surface area contributed by atoms with Gasteiger partial charge in [0.05, 0.1) is 13.0 Å². The first kappa shape index (κ1) is 10.9. The van der Waals surface area contributed by atoms with Crippen LogP contribution < -0.4 is 0 Å². The van der Waals surface area contributed by atoms with Gasteiger partial charge < -0.3 is 9.15 Å². The van der Waals surface area contributed by atoms with E-state index < -0.39 is 0 Å². The van der Waals surface area contributed by atoms with Crippen molar-refractivity contribution < 1.29 is 13.9 Å². The third-order valence-electron chi connectivity index (χ3n) is 4.31. The monoisotopic (exact) mass is 254 g/mol. The van der Waals surface area contributed by atoms with Gasteiger partial charge in [-0.3, -0.25) is 4.79 Å². The molecule has 19 heavy (non-hydrogen) atoms. The molecule has 0 aliphatic heterocycles. The standard InChI is InChI=1S/C16H14O3/c1-18-16(17)13-9-6-7-10(8-9)15-14(13)11-4-2-3-5-12(11)19-15/h2-7,9-10,13H,8H2,1H3/t9-,10+,13-/m0/s1. The third-order valence-corrected chi connectivity index (χ3v) is 4.31. The van der Waals surface area contributed by atoms with Crippen molar-refractivity contribution >= 4 is 16.9 Å². The topological polar surface area (TPSA) is 39.4 Å². The van der Waals surface area contributed by atoms with Crippen molar-refractivity contribution in [2.45, 2.75) is 18.3 Å². The molecule has 96 valence electrons. The number of benzene rings is 1. The summed E-state index contributed by atoms with van der Waals surface area (Å²) in [6, 6.07) is 7.92. The summed E-state index contributed by atoms with van der Waals surface area (Å²) < 4.78 is 11.0. The number of rotatable bonds is 1. The molecule has 3 atom stereocenters. The van der Waals surface area contributed by atoms with Crippen LogP contribution in [0, 0.1) is 5.92 Å². The predicted molar refractivity (Wildman–Crippen MR) is 71.0 cm³/mol. The first-order valence-electron chi connectivity index (χ1n) is 6.57. The Morgan fingerprint density at radius 1 is 1.32 bits per heavy atom. The van der Waals surface area contributed by atoms with Crippen LogP contribution in [-0.2, 0) is 9.53 Å². The first-order chi connectivity index (χ1) is 9.29. The van der Waals surface area contributed by atoms with Crippen LogP contribution in [0.15, 0.2) is 40.8 Å². The SMILES string of the molecule is COC(=O)[C@@H]1c2c(oc3ccccc23)[C@@H]2C=C[C@H]1C2. The predicted octanol–water partition coefficient (Wildman–Crippen LogP) is 3.36. The van der Waals surface area contributed by atoms with E-state index in [1.807, 2.05) is 24.3 Å². The summed E-state index contributed by atoms with van der Waals surface area (Å²) in [5.74, 6) is 1.11. The first-order valence-corrected chi connectivity index (χ1v) is 6.57. The second-order valence-corrected chi connectivity index (χ2v) is 5.27. The number of hydrogen-bond acceptors (Lipinski definition) is 3. The summed E-state index contributed by atoms with van der Waals surface area (Å²) in [7, 11) is 1.45. The highest BCUT2D eigenvalue weighted by Gasteiger charge is 2.44. The van der Waals surface area contributed by atoms with Crippen LogP contribution in [0.4, 0.5) is 0 Å². The number of carbonyl (C=O) groups excluding carboxylic acids is 1. The lowest BCUT2D eigenvalue weighted by Gasteiger charge is -2.26. The van der Waals surface area contributed by atoms with Gasteiger partial charge in [-0.25, -0.2) is 0 Å². The van der Waals surface area contributed by atoms with E-state index in [0.717, 1.165) is 28.7 Å². The number of carbonyl (C=O) groups is 1. The summed E-state index contributed by atoms with van der Waals surface area (Å²) in [5, 5.41) is 1.05. The molecule has 0 unspecified atom stereocenters. The maximum atomic E-state index is 12.2. The van der Waals surface area contributed by atoms with Gasteiger partial charge in [0.1, 0.15) is 11.3 Å². The van der Waals surface area contributed by atoms with Gasteiger partial charge >= 0.3 is 5.97 Å². The summed E-state index contributed by atoms with van der Waals surface area (Å²) >= 11 is 0. The molecule has 1 aromatic heterocycles. The molecule has 0 saturated carbocycles. The molecule has 3 heteroatoms. The van der Waals surface area contributed by atoms with Crippen molar-refractivity contribution in [3.63, 3.8) is 0 Å². The number of allylic oxidation sites excluding steroid dienone is 2. The zero-order chi connectivity index (χ0) is 13.0. The van der Waals surface area contributed by atoms with Crippen LogP contribution in [0.25, 0.3) is 11.0 Å². The van der Waals surface area contributed by atoms with Gasteiger partial charge in [0, 0.05) is 16.9 Å². The summed E-state index contributed by atoms with van der Waals surface area (Å²) in [6.45, 7) is 0. The molecule has 3 nitrogen and oxygen atoms in total. The van der Waals surface area contributed by atoms with Crippen molar-refractivity contribution in [1.82, 2.24) is 0 Å². The molecule has 2 aliphatic carbocycles. The average Bonchev–Trinajstić information content (AvgIpc) is 3.02. The van der Waals surface area contributed by atoms with Crippen LogP contribution in [-0.4, -0.2) is 13.1 Å². The quantitative estimate of drug-likeness (QED) is 0.578. The van der Waals surface area contributed by atoms with Crippen molar-refractivity contribution in [3.8, 4) is 0 Å². The number of para-hydroxylation sites is 1. The molecule has 1 aromatic carbocycles. The van der Waals surface area contributed by atoms with Gasteiger partial charge in [0.15, 0.2) is 0 Å². The van der Waals surface area contributed by atoms with Gasteiger partial charge in [-0.1, -0.05) is 30.4 Å². The number of esters is 1. The smallest absolute Gasteiger partial charge is 0.313 e. The van der Waals surface area contributed by atoms with E-state index in [0.29, 0.717) is 5.92 Å². The fraction of sp³-hybridized carbons (Fsp3) is 0.312. The number of fused-ring (bicyclic) bond motifs is 6. The van der Waals surface area contributed by atoms with Gasteiger partial charge in [-0.05, 0) is 18.4 Å². The summed E-state index contributed by atoms with van der Waals surface area (Å²) in [6.07, 6.45) is 5.25. The average molecular weight is 254 g/mol. The van der Waals surface area contributed by atoms with Crippen LogP contribution in [0.2, 0.25) is 0 Å². The van der Waals surface area contributed by atoms with E-state index in [2.05, 4.69) is 12.2 Å². The molecular weight excluding hydrogens is 240 g/mol.